The van der Waals surface area contributed by atoms with Crippen LogP contribution in [0.25, 0.3) is 22.1 Å². The lowest BCUT2D eigenvalue weighted by molar-refractivity contribution is -0.136. The van der Waals surface area contributed by atoms with Crippen LogP contribution in [0.2, 0.25) is 0 Å². The molecular formula is C29H27NO8. The largest absolute Gasteiger partial charge is 0.507 e. The molecule has 0 unspecified atom stereocenters. The van der Waals surface area contributed by atoms with Gasteiger partial charge in [-0.3, -0.25) is 14.4 Å². The SMILES string of the molecule is COc1cc(C(=O)c2ccc(OC3CCCC3)cc2O)cc(CCC(=O)O)c1-c1ccc2c(=O)[nH]oc2c1. The summed E-state index contributed by atoms with van der Waals surface area (Å²) < 4.78 is 16.8. The van der Waals surface area contributed by atoms with Crippen LogP contribution in [0, 0.1) is 0 Å². The number of methoxy groups -OCH3 is 1. The van der Waals surface area contributed by atoms with E-state index in [-0.39, 0.29) is 41.4 Å². The number of aromatic nitrogens is 1. The number of ketones is 1. The van der Waals surface area contributed by atoms with Crippen LogP contribution in [-0.4, -0.2) is 40.3 Å². The Hall–Kier alpha value is -4.53. The Balaban J connectivity index is 1.54. The van der Waals surface area contributed by atoms with Crippen LogP contribution in [-0.2, 0) is 11.2 Å². The minimum atomic E-state index is -0.991. The van der Waals surface area contributed by atoms with Gasteiger partial charge in [-0.2, -0.15) is 5.16 Å². The molecule has 9 nitrogen and oxygen atoms in total. The first kappa shape index (κ1) is 25.1. The molecule has 196 valence electrons. The molecule has 0 spiro atoms. The first-order valence-corrected chi connectivity index (χ1v) is 12.4. The van der Waals surface area contributed by atoms with Crippen molar-refractivity contribution in [2.75, 3.05) is 7.11 Å². The number of carboxylic acids is 1. The van der Waals surface area contributed by atoms with Gasteiger partial charge in [-0.05, 0) is 79.6 Å². The average Bonchev–Trinajstić information content (AvgIpc) is 3.55. The number of aromatic hydroxyl groups is 1. The number of hydrogen-bond donors (Lipinski definition) is 3. The van der Waals surface area contributed by atoms with Gasteiger partial charge >= 0.3 is 5.97 Å². The molecule has 5 rings (SSSR count). The molecule has 0 radical (unpaired) electrons. The Morgan fingerprint density at radius 1 is 1.08 bits per heavy atom. The van der Waals surface area contributed by atoms with Gasteiger partial charge in [0, 0.05) is 23.6 Å². The van der Waals surface area contributed by atoms with Crippen molar-refractivity contribution in [1.29, 1.82) is 0 Å². The van der Waals surface area contributed by atoms with Crippen molar-refractivity contribution in [3.05, 3.63) is 75.6 Å². The lowest BCUT2D eigenvalue weighted by Gasteiger charge is -2.17. The third kappa shape index (κ3) is 5.00. The number of carboxylic acid groups (broad SMARTS) is 1. The highest BCUT2D eigenvalue weighted by Crippen LogP contribution is 2.38. The van der Waals surface area contributed by atoms with Gasteiger partial charge in [0.2, 0.25) is 0 Å². The summed E-state index contributed by atoms with van der Waals surface area (Å²) in [6.45, 7) is 0. The second-order valence-electron chi connectivity index (χ2n) is 9.38. The van der Waals surface area contributed by atoms with Crippen molar-refractivity contribution in [3.8, 4) is 28.4 Å². The molecule has 0 bridgehead atoms. The van der Waals surface area contributed by atoms with Crippen molar-refractivity contribution >= 4 is 22.7 Å². The smallest absolute Gasteiger partial charge is 0.303 e. The summed E-state index contributed by atoms with van der Waals surface area (Å²) in [6.07, 6.45) is 4.23. The number of fused-ring (bicyclic) bond motifs is 1. The van der Waals surface area contributed by atoms with Gasteiger partial charge in [0.1, 0.15) is 17.2 Å². The van der Waals surface area contributed by atoms with E-state index >= 15 is 0 Å². The topological polar surface area (TPSA) is 139 Å². The molecule has 3 N–H and O–H groups in total. The van der Waals surface area contributed by atoms with Gasteiger partial charge in [0.05, 0.1) is 24.2 Å². The minimum Gasteiger partial charge on any atom is -0.507 e. The molecule has 0 saturated heterocycles. The van der Waals surface area contributed by atoms with Crippen LogP contribution >= 0.6 is 0 Å². The summed E-state index contributed by atoms with van der Waals surface area (Å²) in [6, 6.07) is 12.8. The third-order valence-electron chi connectivity index (χ3n) is 6.86. The monoisotopic (exact) mass is 517 g/mol. The lowest BCUT2D eigenvalue weighted by atomic mass is 9.91. The molecule has 1 fully saturated rings. The van der Waals surface area contributed by atoms with Crippen LogP contribution in [0.15, 0.2) is 57.8 Å². The highest BCUT2D eigenvalue weighted by molar-refractivity contribution is 6.11. The van der Waals surface area contributed by atoms with Crippen molar-refractivity contribution in [2.45, 2.75) is 44.6 Å². The number of carbonyl (C=O) groups is 2. The summed E-state index contributed by atoms with van der Waals surface area (Å²) in [5.74, 6) is -0.784. The van der Waals surface area contributed by atoms with E-state index in [0.29, 0.717) is 39.2 Å². The zero-order valence-corrected chi connectivity index (χ0v) is 20.8. The average molecular weight is 518 g/mol. The fourth-order valence-electron chi connectivity index (χ4n) is 4.97. The maximum absolute atomic E-state index is 13.5. The molecule has 0 aliphatic heterocycles. The number of aliphatic carboxylic acids is 1. The fourth-order valence-corrected chi connectivity index (χ4v) is 4.97. The van der Waals surface area contributed by atoms with Crippen molar-refractivity contribution < 1.29 is 33.8 Å². The van der Waals surface area contributed by atoms with Gasteiger partial charge < -0.3 is 24.2 Å². The molecule has 1 saturated carbocycles. The molecule has 9 heteroatoms. The number of ether oxygens (including phenoxy) is 2. The first-order valence-electron chi connectivity index (χ1n) is 12.4. The van der Waals surface area contributed by atoms with E-state index in [1.165, 1.54) is 19.2 Å². The number of hydrogen-bond acceptors (Lipinski definition) is 7. The van der Waals surface area contributed by atoms with Crippen molar-refractivity contribution in [1.82, 2.24) is 5.16 Å². The minimum absolute atomic E-state index is 0.0956. The van der Waals surface area contributed by atoms with Crippen molar-refractivity contribution in [2.24, 2.45) is 0 Å². The van der Waals surface area contributed by atoms with E-state index in [4.69, 9.17) is 14.0 Å². The molecule has 38 heavy (non-hydrogen) atoms. The van der Waals surface area contributed by atoms with Crippen LogP contribution in [0.4, 0.5) is 0 Å². The van der Waals surface area contributed by atoms with E-state index in [1.54, 1.807) is 36.4 Å². The second kappa shape index (κ2) is 10.5. The molecule has 0 amide bonds. The summed E-state index contributed by atoms with van der Waals surface area (Å²) >= 11 is 0. The van der Waals surface area contributed by atoms with E-state index in [0.717, 1.165) is 25.7 Å². The Labute approximate surface area is 217 Å². The van der Waals surface area contributed by atoms with Crippen LogP contribution in [0.1, 0.15) is 53.6 Å². The predicted octanol–water partition coefficient (Wildman–Crippen LogP) is 5.07. The number of aryl methyl sites for hydroxylation is 1. The van der Waals surface area contributed by atoms with Gasteiger partial charge in [-0.25, -0.2) is 0 Å². The summed E-state index contributed by atoms with van der Waals surface area (Å²) in [4.78, 5) is 36.8. The normalized spacial score (nSPS) is 13.6. The predicted molar refractivity (Wildman–Crippen MR) is 139 cm³/mol. The lowest BCUT2D eigenvalue weighted by Crippen LogP contribution is -2.11. The Bertz CT molecular complexity index is 1580. The number of H-pyrrole nitrogens is 1. The standard InChI is InChI=1S/C29H27NO8/c1-36-25-14-18(28(34)21-10-8-20(15-23(21)31)37-19-4-2-3-5-19)12-16(7-11-26(32)33)27(25)17-6-9-22-24(13-17)38-30-29(22)35/h6,8-10,12-15,19,31H,2-5,7,11H2,1H3,(H,30,35)(H,32,33). The van der Waals surface area contributed by atoms with Crippen LogP contribution in [0.5, 0.6) is 17.2 Å². The first-order chi connectivity index (χ1) is 18.3. The molecule has 1 aromatic heterocycles. The number of phenolic OH excluding ortho intramolecular Hbond substituents is 1. The second-order valence-corrected chi connectivity index (χ2v) is 9.38. The summed E-state index contributed by atoms with van der Waals surface area (Å²) in [5.41, 5.74) is 2.09. The Morgan fingerprint density at radius 2 is 1.87 bits per heavy atom. The fraction of sp³-hybridized carbons (Fsp3) is 0.276. The zero-order valence-electron chi connectivity index (χ0n) is 20.8. The molecule has 1 aliphatic carbocycles. The summed E-state index contributed by atoms with van der Waals surface area (Å²) in [5, 5.41) is 22.7. The summed E-state index contributed by atoms with van der Waals surface area (Å²) in [7, 11) is 1.45. The number of aromatic amines is 1. The van der Waals surface area contributed by atoms with Gasteiger partial charge in [0.15, 0.2) is 11.4 Å². The van der Waals surface area contributed by atoms with E-state index in [2.05, 4.69) is 5.16 Å². The number of phenols is 1. The van der Waals surface area contributed by atoms with Crippen molar-refractivity contribution in [3.63, 3.8) is 0 Å². The molecule has 0 atom stereocenters. The number of carbonyl (C=O) groups excluding carboxylic acids is 1. The third-order valence-corrected chi connectivity index (χ3v) is 6.86. The molecule has 4 aromatic rings. The highest BCUT2D eigenvalue weighted by Gasteiger charge is 2.22. The highest BCUT2D eigenvalue weighted by atomic mass is 16.5. The quantitative estimate of drug-likeness (QED) is 0.262. The van der Waals surface area contributed by atoms with E-state index < -0.39 is 11.8 Å². The zero-order chi connectivity index (χ0) is 26.8. The maximum Gasteiger partial charge on any atom is 0.303 e. The number of benzene rings is 3. The van der Waals surface area contributed by atoms with E-state index in [1.807, 2.05) is 0 Å². The van der Waals surface area contributed by atoms with Crippen LogP contribution < -0.4 is 15.0 Å². The Kier molecular flexibility index (Phi) is 6.91. The maximum atomic E-state index is 13.5. The van der Waals surface area contributed by atoms with E-state index in [9.17, 15) is 24.6 Å². The Morgan fingerprint density at radius 3 is 2.58 bits per heavy atom. The molecule has 1 aliphatic rings. The molecule has 1 heterocycles. The van der Waals surface area contributed by atoms with Gasteiger partial charge in [-0.1, -0.05) is 6.07 Å². The molecular weight excluding hydrogens is 490 g/mol. The number of rotatable bonds is 9. The number of nitrogens with one attached hydrogen (secondary N) is 1. The molecule has 3 aromatic carbocycles. The van der Waals surface area contributed by atoms with Crippen LogP contribution in [0.3, 0.4) is 0 Å². The van der Waals surface area contributed by atoms with Gasteiger partial charge in [0.25, 0.3) is 5.56 Å². The van der Waals surface area contributed by atoms with Gasteiger partial charge in [-0.15, -0.1) is 0 Å².